The van der Waals surface area contributed by atoms with E-state index in [2.05, 4.69) is 69.2 Å². The van der Waals surface area contributed by atoms with Gasteiger partial charge in [0.1, 0.15) is 12.3 Å². The number of rotatable bonds is 16. The van der Waals surface area contributed by atoms with Crippen molar-refractivity contribution in [3.05, 3.63) is 59.3 Å². The molecule has 0 saturated carbocycles. The molecule has 0 amide bonds. The molecule has 1 heterocycles. The van der Waals surface area contributed by atoms with E-state index in [-0.39, 0.29) is 0 Å². The van der Waals surface area contributed by atoms with Gasteiger partial charge in [0.15, 0.2) is 12.2 Å². The zero-order valence-corrected chi connectivity index (χ0v) is 21.1. The normalized spacial score (nSPS) is 13.7. The van der Waals surface area contributed by atoms with E-state index >= 15 is 0 Å². The van der Waals surface area contributed by atoms with Crippen LogP contribution in [0.5, 0.6) is 0 Å². The van der Waals surface area contributed by atoms with Crippen molar-refractivity contribution in [2.24, 2.45) is 0 Å². The van der Waals surface area contributed by atoms with Gasteiger partial charge in [-0.1, -0.05) is 46.6 Å². The lowest BCUT2D eigenvalue weighted by Gasteiger charge is -2.12. The van der Waals surface area contributed by atoms with Gasteiger partial charge in [0.05, 0.1) is 0 Å². The van der Waals surface area contributed by atoms with Crippen molar-refractivity contribution >= 4 is 23.5 Å². The molecule has 1 aromatic heterocycles. The number of anilines is 1. The molecule has 6 heteroatoms. The molecule has 178 valence electrons. The first-order chi connectivity index (χ1) is 15.3. The predicted molar refractivity (Wildman–Crippen MR) is 137 cm³/mol. The highest BCUT2D eigenvalue weighted by atomic mass is 32.2. The second-order valence-electron chi connectivity index (χ2n) is 8.50. The molecule has 1 unspecified atom stereocenters. The van der Waals surface area contributed by atoms with Crippen LogP contribution in [0.2, 0.25) is 0 Å². The number of carboxylic acids is 1. The second kappa shape index (κ2) is 16.4. The summed E-state index contributed by atoms with van der Waals surface area (Å²) in [5.41, 5.74) is 5.66. The van der Waals surface area contributed by atoms with E-state index in [1.807, 2.05) is 0 Å². The average Bonchev–Trinajstić information content (AvgIpc) is 3.23. The van der Waals surface area contributed by atoms with Crippen LogP contribution >= 0.6 is 11.8 Å². The largest absolute Gasteiger partial charge is 0.480 e. The van der Waals surface area contributed by atoms with Crippen LogP contribution in [0.4, 0.5) is 5.82 Å². The molecule has 0 saturated heterocycles. The van der Waals surface area contributed by atoms with Crippen molar-refractivity contribution in [1.29, 1.82) is 0 Å². The summed E-state index contributed by atoms with van der Waals surface area (Å²) in [7, 11) is 0. The van der Waals surface area contributed by atoms with Gasteiger partial charge in [-0.25, -0.2) is 4.79 Å². The number of thioether (sulfide) groups is 1. The number of nitrogens with one attached hydrogen (secondary N) is 1. The van der Waals surface area contributed by atoms with Crippen molar-refractivity contribution in [2.75, 3.05) is 16.8 Å². The number of aromatic nitrogens is 1. The third kappa shape index (κ3) is 14.0. The number of hydrogen-bond acceptors (Lipinski definition) is 5. The monoisotopic (exact) mass is 460 g/mol. The topological polar surface area (TPSA) is 75.4 Å². The first-order valence-corrected chi connectivity index (χ1v) is 12.5. The van der Waals surface area contributed by atoms with Crippen LogP contribution < -0.4 is 5.32 Å². The van der Waals surface area contributed by atoms with Gasteiger partial charge in [0.25, 0.3) is 0 Å². The second-order valence-corrected chi connectivity index (χ2v) is 9.57. The first-order valence-electron chi connectivity index (χ1n) is 11.3. The van der Waals surface area contributed by atoms with Gasteiger partial charge in [-0.2, -0.15) is 16.7 Å². The molecule has 5 nitrogen and oxygen atoms in total. The van der Waals surface area contributed by atoms with Crippen LogP contribution in [0.25, 0.3) is 0 Å². The summed E-state index contributed by atoms with van der Waals surface area (Å²) < 4.78 is 4.87. The van der Waals surface area contributed by atoms with Crippen LogP contribution in [0.1, 0.15) is 73.1 Å². The van der Waals surface area contributed by atoms with Gasteiger partial charge in [0, 0.05) is 11.5 Å². The molecular weight excluding hydrogens is 420 g/mol. The van der Waals surface area contributed by atoms with Crippen molar-refractivity contribution in [1.82, 2.24) is 4.98 Å². The Labute approximate surface area is 198 Å². The van der Waals surface area contributed by atoms with Crippen LogP contribution in [-0.4, -0.2) is 33.6 Å². The molecule has 0 bridgehead atoms. The molecule has 32 heavy (non-hydrogen) atoms. The van der Waals surface area contributed by atoms with Gasteiger partial charge >= 0.3 is 5.97 Å². The van der Waals surface area contributed by atoms with E-state index < -0.39 is 12.0 Å². The predicted octanol–water partition coefficient (Wildman–Crippen LogP) is 7.42. The van der Waals surface area contributed by atoms with Gasteiger partial charge in [0.2, 0.25) is 0 Å². The fourth-order valence-corrected chi connectivity index (χ4v) is 4.01. The average molecular weight is 461 g/mol. The summed E-state index contributed by atoms with van der Waals surface area (Å²) in [6.07, 6.45) is 18.5. The highest BCUT2D eigenvalue weighted by Gasteiger charge is 2.17. The highest BCUT2D eigenvalue weighted by molar-refractivity contribution is 7.99. The number of aliphatic carboxylic acids is 1. The van der Waals surface area contributed by atoms with Gasteiger partial charge in [-0.3, -0.25) is 0 Å². The molecule has 1 aromatic rings. The van der Waals surface area contributed by atoms with Crippen LogP contribution in [0, 0.1) is 0 Å². The van der Waals surface area contributed by atoms with E-state index in [4.69, 9.17) is 4.42 Å². The summed E-state index contributed by atoms with van der Waals surface area (Å²) in [5.74, 6) is 0.822. The Morgan fingerprint density at radius 1 is 1.00 bits per heavy atom. The Bertz CT molecular complexity index is 788. The smallest absolute Gasteiger partial charge is 0.327 e. The van der Waals surface area contributed by atoms with Crippen LogP contribution in [0.15, 0.2) is 63.7 Å². The summed E-state index contributed by atoms with van der Waals surface area (Å²) in [5, 5.41) is 12.2. The van der Waals surface area contributed by atoms with E-state index in [0.29, 0.717) is 11.6 Å². The van der Waals surface area contributed by atoms with Gasteiger partial charge in [-0.15, -0.1) is 0 Å². The Kier molecular flexibility index (Phi) is 14.3. The van der Waals surface area contributed by atoms with Crippen molar-refractivity contribution in [3.63, 3.8) is 0 Å². The molecule has 0 fully saturated rings. The minimum Gasteiger partial charge on any atom is -0.480 e. The maximum Gasteiger partial charge on any atom is 0.327 e. The Morgan fingerprint density at radius 2 is 1.56 bits per heavy atom. The zero-order chi connectivity index (χ0) is 23.8. The molecule has 0 spiro atoms. The highest BCUT2D eigenvalue weighted by Crippen LogP contribution is 2.15. The minimum absolute atomic E-state index is 0.446. The van der Waals surface area contributed by atoms with Crippen molar-refractivity contribution < 1.29 is 14.3 Å². The number of hydrogen-bond donors (Lipinski definition) is 2. The molecule has 0 aliphatic carbocycles. The van der Waals surface area contributed by atoms with Crippen molar-refractivity contribution in [2.45, 2.75) is 79.2 Å². The number of carbonyl (C=O) groups is 1. The Balaban J connectivity index is 2.24. The maximum absolute atomic E-state index is 11.4. The summed E-state index contributed by atoms with van der Waals surface area (Å²) in [6, 6.07) is -0.686. The molecule has 2 N–H and O–H groups in total. The third-order valence-corrected chi connectivity index (χ3v) is 6.01. The molecule has 0 aliphatic rings. The Morgan fingerprint density at radius 3 is 2.06 bits per heavy atom. The molecule has 1 rings (SSSR count). The summed E-state index contributed by atoms with van der Waals surface area (Å²) in [6.45, 7) is 10.9. The summed E-state index contributed by atoms with van der Waals surface area (Å²) in [4.78, 5) is 15.3. The Hall–Kier alpha value is -2.21. The fraction of sp³-hybridized carbons (Fsp3) is 0.538. The number of carboxylic acid groups (broad SMARTS) is 1. The zero-order valence-electron chi connectivity index (χ0n) is 20.3. The van der Waals surface area contributed by atoms with E-state index in [0.717, 1.165) is 44.3 Å². The molecule has 0 radical (unpaired) electrons. The number of oxazole rings is 1. The van der Waals surface area contributed by atoms with Gasteiger partial charge in [-0.05, 0) is 73.1 Å². The van der Waals surface area contributed by atoms with Crippen LogP contribution in [-0.2, 0) is 4.79 Å². The molecule has 0 aliphatic heterocycles. The lowest BCUT2D eigenvalue weighted by Crippen LogP contribution is -2.31. The van der Waals surface area contributed by atoms with E-state index in [1.165, 1.54) is 34.9 Å². The summed E-state index contributed by atoms with van der Waals surface area (Å²) >= 11 is 1.60. The third-order valence-electron chi connectivity index (χ3n) is 5.04. The SMILES string of the molecule is CC(C)=CCC/C(C)=C/CC/C(C)=C/CC/C(C)=C/CSCC(Nc1cocn1)C(=O)O. The standard InChI is InChI=1S/C26H40N2O3S/c1-20(2)9-6-10-21(3)11-7-12-22(4)13-8-14-23(5)15-16-32-18-24(26(29)30)28-25-17-31-19-27-25/h9,11,13,15,17,19,24,28H,6-8,10,12,14,16,18H2,1-5H3,(H,29,30)/b21-11+,22-13+,23-15+. The van der Waals surface area contributed by atoms with Crippen LogP contribution in [0.3, 0.4) is 0 Å². The lowest BCUT2D eigenvalue weighted by atomic mass is 10.0. The lowest BCUT2D eigenvalue weighted by molar-refractivity contribution is -0.137. The first kappa shape index (κ1) is 27.8. The number of allylic oxidation sites excluding steroid dienone is 7. The quantitative estimate of drug-likeness (QED) is 0.197. The van der Waals surface area contributed by atoms with Crippen molar-refractivity contribution in [3.8, 4) is 0 Å². The number of nitrogens with zero attached hydrogens (tertiary/aromatic N) is 1. The van der Waals surface area contributed by atoms with Gasteiger partial charge < -0.3 is 14.8 Å². The van der Waals surface area contributed by atoms with E-state index in [1.54, 1.807) is 11.8 Å². The molecular formula is C26H40N2O3S. The van der Waals surface area contributed by atoms with E-state index in [9.17, 15) is 9.90 Å². The fourth-order valence-electron chi connectivity index (χ4n) is 3.01. The molecule has 0 aromatic carbocycles. The minimum atomic E-state index is -0.889. The molecule has 1 atom stereocenters. The maximum atomic E-state index is 11.4.